The van der Waals surface area contributed by atoms with Gasteiger partial charge in [-0.25, -0.2) is 0 Å². The van der Waals surface area contributed by atoms with Crippen molar-refractivity contribution in [3.63, 3.8) is 0 Å². The van der Waals surface area contributed by atoms with Crippen molar-refractivity contribution >= 4 is 17.5 Å². The fourth-order valence-electron chi connectivity index (χ4n) is 1.55. The van der Waals surface area contributed by atoms with E-state index in [0.717, 1.165) is 5.56 Å². The van der Waals surface area contributed by atoms with Crippen molar-refractivity contribution in [2.45, 2.75) is 6.54 Å². The van der Waals surface area contributed by atoms with Crippen molar-refractivity contribution in [1.82, 2.24) is 10.6 Å². The number of rotatable bonds is 5. The Balaban J connectivity index is 1.75. The van der Waals surface area contributed by atoms with Gasteiger partial charge in [-0.3, -0.25) is 9.59 Å². The van der Waals surface area contributed by atoms with E-state index in [1.165, 1.54) is 6.26 Å². The van der Waals surface area contributed by atoms with Crippen molar-refractivity contribution in [2.24, 2.45) is 0 Å². The average molecular weight is 273 g/mol. The molecule has 0 spiro atoms. The number of carbonyl (C=O) groups excluding carboxylic acids is 2. The zero-order valence-corrected chi connectivity index (χ0v) is 10.8. The maximum Gasteiger partial charge on any atom is 0.251 e. The van der Waals surface area contributed by atoms with Crippen LogP contribution >= 0.6 is 0 Å². The topological polar surface area (TPSA) is 97.4 Å². The van der Waals surface area contributed by atoms with Crippen LogP contribution < -0.4 is 16.4 Å². The Morgan fingerprint density at radius 1 is 1.10 bits per heavy atom. The van der Waals surface area contributed by atoms with Crippen LogP contribution in [0.25, 0.3) is 0 Å². The van der Waals surface area contributed by atoms with Gasteiger partial charge in [0.1, 0.15) is 0 Å². The molecule has 0 aliphatic rings. The van der Waals surface area contributed by atoms with E-state index in [2.05, 4.69) is 10.6 Å². The highest BCUT2D eigenvalue weighted by Gasteiger charge is 2.07. The van der Waals surface area contributed by atoms with Crippen molar-refractivity contribution in [3.05, 3.63) is 54.0 Å². The van der Waals surface area contributed by atoms with Gasteiger partial charge in [0.05, 0.1) is 19.1 Å². The molecule has 6 heteroatoms. The van der Waals surface area contributed by atoms with Crippen LogP contribution in [0.15, 0.2) is 47.3 Å². The van der Waals surface area contributed by atoms with Gasteiger partial charge >= 0.3 is 0 Å². The molecule has 1 aromatic carbocycles. The maximum atomic E-state index is 11.7. The number of carbonyl (C=O) groups is 2. The van der Waals surface area contributed by atoms with Gasteiger partial charge in [-0.15, -0.1) is 0 Å². The van der Waals surface area contributed by atoms with Crippen LogP contribution in [-0.4, -0.2) is 18.4 Å². The molecule has 0 atom stereocenters. The molecular formula is C14H15N3O3. The molecule has 2 rings (SSSR count). The second-order valence-electron chi connectivity index (χ2n) is 4.21. The largest absolute Gasteiger partial charge is 0.472 e. The van der Waals surface area contributed by atoms with E-state index < -0.39 is 0 Å². The first-order valence-electron chi connectivity index (χ1n) is 6.06. The van der Waals surface area contributed by atoms with Crippen LogP contribution in [0.1, 0.15) is 15.9 Å². The smallest absolute Gasteiger partial charge is 0.251 e. The van der Waals surface area contributed by atoms with E-state index in [0.29, 0.717) is 17.8 Å². The monoisotopic (exact) mass is 273 g/mol. The number of hydrogen-bond acceptors (Lipinski definition) is 4. The van der Waals surface area contributed by atoms with E-state index in [1.54, 1.807) is 36.6 Å². The zero-order chi connectivity index (χ0) is 14.4. The lowest BCUT2D eigenvalue weighted by molar-refractivity contribution is -0.120. The fraction of sp³-hybridized carbons (Fsp3) is 0.143. The fourth-order valence-corrected chi connectivity index (χ4v) is 1.55. The molecule has 0 aliphatic carbocycles. The second kappa shape index (κ2) is 6.42. The van der Waals surface area contributed by atoms with Crippen molar-refractivity contribution in [1.29, 1.82) is 0 Å². The number of benzene rings is 1. The molecular weight excluding hydrogens is 258 g/mol. The minimum atomic E-state index is -0.316. The summed E-state index contributed by atoms with van der Waals surface area (Å²) in [5.41, 5.74) is 7.44. The molecule has 20 heavy (non-hydrogen) atoms. The minimum absolute atomic E-state index is 0.0823. The SMILES string of the molecule is Nc1ccc(C(=O)NCC(=O)NCc2ccoc2)cc1. The number of nitrogens with one attached hydrogen (secondary N) is 2. The quantitative estimate of drug-likeness (QED) is 0.705. The molecule has 2 amide bonds. The lowest BCUT2D eigenvalue weighted by atomic mass is 10.2. The summed E-state index contributed by atoms with van der Waals surface area (Å²) in [6, 6.07) is 8.23. The maximum absolute atomic E-state index is 11.7. The summed E-state index contributed by atoms with van der Waals surface area (Å²) >= 11 is 0. The zero-order valence-electron chi connectivity index (χ0n) is 10.8. The van der Waals surface area contributed by atoms with Gasteiger partial charge in [-0.2, -0.15) is 0 Å². The first-order chi connectivity index (χ1) is 9.65. The summed E-state index contributed by atoms with van der Waals surface area (Å²) in [6.45, 7) is 0.286. The van der Waals surface area contributed by atoms with Gasteiger partial charge < -0.3 is 20.8 Å². The number of nitrogens with two attached hydrogens (primary N) is 1. The van der Waals surface area contributed by atoms with Crippen molar-refractivity contribution < 1.29 is 14.0 Å². The summed E-state index contributed by atoms with van der Waals surface area (Å²) < 4.78 is 4.88. The second-order valence-corrected chi connectivity index (χ2v) is 4.21. The summed E-state index contributed by atoms with van der Waals surface area (Å²) in [6.07, 6.45) is 3.08. The third kappa shape index (κ3) is 3.88. The number of amides is 2. The molecule has 1 heterocycles. The minimum Gasteiger partial charge on any atom is -0.472 e. The number of furan rings is 1. The normalized spacial score (nSPS) is 10.0. The number of hydrogen-bond donors (Lipinski definition) is 3. The molecule has 0 radical (unpaired) electrons. The summed E-state index contributed by atoms with van der Waals surface area (Å²) in [4.78, 5) is 23.3. The van der Waals surface area contributed by atoms with Gasteiger partial charge in [0.2, 0.25) is 5.91 Å². The molecule has 0 fully saturated rings. The lowest BCUT2D eigenvalue weighted by Crippen LogP contribution is -2.36. The van der Waals surface area contributed by atoms with E-state index in [9.17, 15) is 9.59 Å². The molecule has 0 bridgehead atoms. The molecule has 0 aliphatic heterocycles. The Hall–Kier alpha value is -2.76. The van der Waals surface area contributed by atoms with Gasteiger partial charge in [0.25, 0.3) is 5.91 Å². The third-order valence-electron chi connectivity index (χ3n) is 2.65. The van der Waals surface area contributed by atoms with Crippen molar-refractivity contribution in [3.8, 4) is 0 Å². The Kier molecular flexibility index (Phi) is 4.39. The molecule has 2 aromatic rings. The Bertz CT molecular complexity index is 576. The van der Waals surface area contributed by atoms with E-state index in [4.69, 9.17) is 10.2 Å². The molecule has 104 valence electrons. The predicted octanol–water partition coefficient (Wildman–Crippen LogP) is 0.908. The summed E-state index contributed by atoms with van der Waals surface area (Å²) in [5.74, 6) is -0.585. The Morgan fingerprint density at radius 2 is 1.85 bits per heavy atom. The molecule has 6 nitrogen and oxygen atoms in total. The van der Waals surface area contributed by atoms with Gasteiger partial charge in [-0.1, -0.05) is 0 Å². The number of nitrogen functional groups attached to an aromatic ring is 1. The molecule has 1 aromatic heterocycles. The first kappa shape index (κ1) is 13.7. The van der Waals surface area contributed by atoms with Crippen LogP contribution in [0.3, 0.4) is 0 Å². The molecule has 4 N–H and O–H groups in total. The van der Waals surface area contributed by atoms with Crippen LogP contribution in [0.2, 0.25) is 0 Å². The Morgan fingerprint density at radius 3 is 2.50 bits per heavy atom. The van der Waals surface area contributed by atoms with Gasteiger partial charge in [-0.05, 0) is 30.3 Å². The summed E-state index contributed by atoms with van der Waals surface area (Å²) in [7, 11) is 0. The standard InChI is InChI=1S/C14H15N3O3/c15-12-3-1-11(2-4-12)14(19)17-8-13(18)16-7-10-5-6-20-9-10/h1-6,9H,7-8,15H2,(H,16,18)(H,17,19). The lowest BCUT2D eigenvalue weighted by Gasteiger charge is -2.06. The predicted molar refractivity (Wildman–Crippen MR) is 73.7 cm³/mol. The van der Waals surface area contributed by atoms with Crippen LogP contribution in [0, 0.1) is 0 Å². The van der Waals surface area contributed by atoms with Crippen LogP contribution in [0.5, 0.6) is 0 Å². The first-order valence-corrected chi connectivity index (χ1v) is 6.06. The van der Waals surface area contributed by atoms with Gasteiger partial charge in [0.15, 0.2) is 0 Å². The highest BCUT2D eigenvalue weighted by molar-refractivity contribution is 5.96. The Labute approximate surface area is 116 Å². The average Bonchev–Trinajstić information content (AvgIpc) is 2.96. The number of anilines is 1. The molecule has 0 unspecified atom stereocenters. The summed E-state index contributed by atoms with van der Waals surface area (Å²) in [5, 5.41) is 5.20. The van der Waals surface area contributed by atoms with Crippen LogP contribution in [-0.2, 0) is 11.3 Å². The van der Waals surface area contributed by atoms with E-state index in [1.807, 2.05) is 0 Å². The highest BCUT2D eigenvalue weighted by Crippen LogP contribution is 2.04. The van der Waals surface area contributed by atoms with Crippen LogP contribution in [0.4, 0.5) is 5.69 Å². The van der Waals surface area contributed by atoms with E-state index >= 15 is 0 Å². The third-order valence-corrected chi connectivity index (χ3v) is 2.65. The molecule has 0 saturated heterocycles. The van der Waals surface area contributed by atoms with Gasteiger partial charge in [0, 0.05) is 23.4 Å². The van der Waals surface area contributed by atoms with Crippen molar-refractivity contribution in [2.75, 3.05) is 12.3 Å². The highest BCUT2D eigenvalue weighted by atomic mass is 16.3. The van der Waals surface area contributed by atoms with E-state index in [-0.39, 0.29) is 18.4 Å². The molecule has 0 saturated carbocycles.